The molecule has 0 fully saturated rings. The number of nitrogens with one attached hydrogen (secondary N) is 1. The van der Waals surface area contributed by atoms with Gasteiger partial charge in [0.2, 0.25) is 0 Å². The summed E-state index contributed by atoms with van der Waals surface area (Å²) >= 11 is 0. The second kappa shape index (κ2) is 5.39. The molecule has 17 heavy (non-hydrogen) atoms. The lowest BCUT2D eigenvalue weighted by molar-refractivity contribution is 0.355. The van der Waals surface area contributed by atoms with E-state index in [0.717, 1.165) is 35.7 Å². The van der Waals surface area contributed by atoms with E-state index in [2.05, 4.69) is 10.3 Å². The van der Waals surface area contributed by atoms with Crippen molar-refractivity contribution in [2.24, 2.45) is 4.99 Å². The highest BCUT2D eigenvalue weighted by Crippen LogP contribution is 2.29. The van der Waals surface area contributed by atoms with E-state index < -0.39 is 0 Å². The highest BCUT2D eigenvalue weighted by molar-refractivity contribution is 6.10. The SMILES string of the molecule is COc1ccc(C2=CNCCN=C2)cc1OC. The molecule has 4 heteroatoms. The molecule has 2 rings (SSSR count). The van der Waals surface area contributed by atoms with Crippen LogP contribution in [0, 0.1) is 0 Å². The lowest BCUT2D eigenvalue weighted by Gasteiger charge is -2.09. The van der Waals surface area contributed by atoms with Gasteiger partial charge in [0, 0.05) is 24.5 Å². The minimum absolute atomic E-state index is 0.726. The number of hydrogen-bond donors (Lipinski definition) is 1. The first kappa shape index (κ1) is 11.5. The number of allylic oxidation sites excluding steroid dienone is 1. The highest BCUT2D eigenvalue weighted by atomic mass is 16.5. The van der Waals surface area contributed by atoms with Gasteiger partial charge in [-0.3, -0.25) is 4.99 Å². The summed E-state index contributed by atoms with van der Waals surface area (Å²) in [5, 5.41) is 3.20. The molecule has 1 aliphatic rings. The Labute approximate surface area is 101 Å². The minimum atomic E-state index is 0.726. The van der Waals surface area contributed by atoms with E-state index in [1.807, 2.05) is 30.6 Å². The van der Waals surface area contributed by atoms with Gasteiger partial charge in [-0.05, 0) is 17.7 Å². The molecule has 0 unspecified atom stereocenters. The van der Waals surface area contributed by atoms with Crippen LogP contribution in [0.2, 0.25) is 0 Å². The minimum Gasteiger partial charge on any atom is -0.493 e. The Balaban J connectivity index is 2.35. The van der Waals surface area contributed by atoms with Gasteiger partial charge in [0.1, 0.15) is 0 Å². The summed E-state index contributed by atoms with van der Waals surface area (Å²) in [5.74, 6) is 1.46. The predicted octanol–water partition coefficient (Wildman–Crippen LogP) is 1.72. The molecule has 1 heterocycles. The Morgan fingerprint density at radius 2 is 2.00 bits per heavy atom. The molecule has 0 radical (unpaired) electrons. The summed E-state index contributed by atoms with van der Waals surface area (Å²) in [6.45, 7) is 1.67. The molecule has 4 nitrogen and oxygen atoms in total. The summed E-state index contributed by atoms with van der Waals surface area (Å²) in [4.78, 5) is 4.30. The number of rotatable bonds is 3. The van der Waals surface area contributed by atoms with Crippen LogP contribution < -0.4 is 14.8 Å². The molecule has 1 aromatic rings. The van der Waals surface area contributed by atoms with Crippen LogP contribution >= 0.6 is 0 Å². The summed E-state index contributed by atoms with van der Waals surface area (Å²) < 4.78 is 10.5. The number of aliphatic imine (C=N–C) groups is 1. The number of nitrogens with zero attached hydrogens (tertiary/aromatic N) is 1. The third-order valence-corrected chi connectivity index (χ3v) is 2.59. The van der Waals surface area contributed by atoms with E-state index in [1.54, 1.807) is 14.2 Å². The molecule has 0 aromatic heterocycles. The van der Waals surface area contributed by atoms with Crippen molar-refractivity contribution in [3.63, 3.8) is 0 Å². The fourth-order valence-corrected chi connectivity index (χ4v) is 1.69. The predicted molar refractivity (Wildman–Crippen MR) is 68.9 cm³/mol. The highest BCUT2D eigenvalue weighted by Gasteiger charge is 2.07. The molecular formula is C13H16N2O2. The number of hydrogen-bond acceptors (Lipinski definition) is 4. The van der Waals surface area contributed by atoms with Crippen LogP contribution in [0.15, 0.2) is 29.4 Å². The van der Waals surface area contributed by atoms with Crippen molar-refractivity contribution in [1.82, 2.24) is 5.32 Å². The largest absolute Gasteiger partial charge is 0.493 e. The van der Waals surface area contributed by atoms with Crippen LogP contribution in [-0.4, -0.2) is 33.5 Å². The van der Waals surface area contributed by atoms with Crippen LogP contribution in [0.25, 0.3) is 5.57 Å². The fraction of sp³-hybridized carbons (Fsp3) is 0.308. The average Bonchev–Trinajstić information content (AvgIpc) is 2.66. The Morgan fingerprint density at radius 3 is 2.76 bits per heavy atom. The van der Waals surface area contributed by atoms with Crippen molar-refractivity contribution in [2.45, 2.75) is 0 Å². The van der Waals surface area contributed by atoms with Gasteiger partial charge in [-0.15, -0.1) is 0 Å². The Morgan fingerprint density at radius 1 is 1.18 bits per heavy atom. The molecule has 0 bridgehead atoms. The molecule has 1 N–H and O–H groups in total. The Hall–Kier alpha value is -1.97. The van der Waals surface area contributed by atoms with E-state index in [4.69, 9.17) is 9.47 Å². The van der Waals surface area contributed by atoms with Crippen molar-refractivity contribution in [3.05, 3.63) is 30.0 Å². The normalized spacial score (nSPS) is 14.6. The first-order valence-electron chi connectivity index (χ1n) is 5.51. The monoisotopic (exact) mass is 232 g/mol. The van der Waals surface area contributed by atoms with E-state index in [0.29, 0.717) is 0 Å². The lowest BCUT2D eigenvalue weighted by atomic mass is 10.1. The zero-order valence-electron chi connectivity index (χ0n) is 10.1. The van der Waals surface area contributed by atoms with Gasteiger partial charge >= 0.3 is 0 Å². The standard InChI is InChI=1S/C13H16N2O2/c1-16-12-4-3-10(7-13(12)17-2)11-8-14-5-6-15-9-11/h3-4,7-9,14H,5-6H2,1-2H3. The molecule has 1 aliphatic heterocycles. The smallest absolute Gasteiger partial charge is 0.161 e. The van der Waals surface area contributed by atoms with E-state index >= 15 is 0 Å². The Kier molecular flexibility index (Phi) is 3.65. The van der Waals surface area contributed by atoms with Gasteiger partial charge in [0.05, 0.1) is 20.8 Å². The maximum Gasteiger partial charge on any atom is 0.161 e. The van der Waals surface area contributed by atoms with Crippen molar-refractivity contribution in [2.75, 3.05) is 27.3 Å². The quantitative estimate of drug-likeness (QED) is 0.862. The van der Waals surface area contributed by atoms with Gasteiger partial charge in [-0.2, -0.15) is 0 Å². The van der Waals surface area contributed by atoms with Crippen LogP contribution in [0.1, 0.15) is 5.56 Å². The first-order chi connectivity index (χ1) is 8.35. The van der Waals surface area contributed by atoms with E-state index in [9.17, 15) is 0 Å². The molecule has 0 atom stereocenters. The molecule has 1 aromatic carbocycles. The summed E-state index contributed by atoms with van der Waals surface area (Å²) in [5.41, 5.74) is 2.10. The molecule has 0 spiro atoms. The Bertz CT molecular complexity index is 453. The summed E-state index contributed by atoms with van der Waals surface area (Å²) in [7, 11) is 3.26. The van der Waals surface area contributed by atoms with Crippen molar-refractivity contribution >= 4 is 11.8 Å². The van der Waals surface area contributed by atoms with Crippen LogP contribution in [-0.2, 0) is 0 Å². The first-order valence-corrected chi connectivity index (χ1v) is 5.51. The van der Waals surface area contributed by atoms with Crippen molar-refractivity contribution in [3.8, 4) is 11.5 Å². The lowest BCUT2D eigenvalue weighted by Crippen LogP contribution is -2.08. The fourth-order valence-electron chi connectivity index (χ4n) is 1.69. The number of methoxy groups -OCH3 is 2. The molecule has 0 saturated heterocycles. The second-order valence-corrected chi connectivity index (χ2v) is 3.66. The van der Waals surface area contributed by atoms with Crippen molar-refractivity contribution in [1.29, 1.82) is 0 Å². The molecule has 90 valence electrons. The van der Waals surface area contributed by atoms with Crippen LogP contribution in [0.3, 0.4) is 0 Å². The third kappa shape index (κ3) is 2.58. The third-order valence-electron chi connectivity index (χ3n) is 2.59. The number of ether oxygens (including phenoxy) is 2. The second-order valence-electron chi connectivity index (χ2n) is 3.66. The van der Waals surface area contributed by atoms with Gasteiger partial charge in [0.25, 0.3) is 0 Å². The number of benzene rings is 1. The van der Waals surface area contributed by atoms with Crippen LogP contribution in [0.5, 0.6) is 11.5 Å². The molecule has 0 aliphatic carbocycles. The van der Waals surface area contributed by atoms with Crippen molar-refractivity contribution < 1.29 is 9.47 Å². The molecule has 0 amide bonds. The van der Waals surface area contributed by atoms with Gasteiger partial charge in [-0.1, -0.05) is 6.07 Å². The summed E-state index contributed by atoms with van der Waals surface area (Å²) in [6, 6.07) is 5.84. The maximum atomic E-state index is 5.28. The van der Waals surface area contributed by atoms with Gasteiger partial charge in [0.15, 0.2) is 11.5 Å². The topological polar surface area (TPSA) is 42.8 Å². The average molecular weight is 232 g/mol. The molecule has 0 saturated carbocycles. The van der Waals surface area contributed by atoms with Gasteiger partial charge < -0.3 is 14.8 Å². The van der Waals surface area contributed by atoms with E-state index in [1.165, 1.54) is 0 Å². The zero-order valence-corrected chi connectivity index (χ0v) is 10.1. The van der Waals surface area contributed by atoms with Gasteiger partial charge in [-0.25, -0.2) is 0 Å². The van der Waals surface area contributed by atoms with Crippen LogP contribution in [0.4, 0.5) is 0 Å². The zero-order chi connectivity index (χ0) is 12.1. The maximum absolute atomic E-state index is 5.28. The summed E-state index contributed by atoms with van der Waals surface area (Å²) in [6.07, 6.45) is 3.85. The molecular weight excluding hydrogens is 216 g/mol. The van der Waals surface area contributed by atoms with E-state index in [-0.39, 0.29) is 0 Å².